The lowest BCUT2D eigenvalue weighted by molar-refractivity contribution is 0.574. The highest BCUT2D eigenvalue weighted by atomic mass is 32.2. The number of aromatic nitrogens is 1. The van der Waals surface area contributed by atoms with E-state index in [-0.39, 0.29) is 0 Å². The van der Waals surface area contributed by atoms with Crippen LogP contribution in [0.5, 0.6) is 0 Å². The van der Waals surface area contributed by atoms with Crippen molar-refractivity contribution in [3.63, 3.8) is 0 Å². The van der Waals surface area contributed by atoms with Gasteiger partial charge in [0.2, 0.25) is 10.0 Å². The Kier molecular flexibility index (Phi) is 4.49. The van der Waals surface area contributed by atoms with E-state index in [2.05, 4.69) is 20.7 Å². The minimum absolute atomic E-state index is 0.518. The molecule has 1 aromatic heterocycles. The van der Waals surface area contributed by atoms with Crippen molar-refractivity contribution in [3.05, 3.63) is 35.9 Å². The molecule has 3 rings (SSSR count). The lowest BCUT2D eigenvalue weighted by atomic mass is 10.1. The molecule has 0 aliphatic carbocycles. The number of hydrogen-bond donors (Lipinski definition) is 2. The van der Waals surface area contributed by atoms with Crippen molar-refractivity contribution in [2.75, 3.05) is 29.0 Å². The topological polar surface area (TPSA) is 89.0 Å². The molecule has 7 heteroatoms. The molecule has 1 fully saturated rings. The molecule has 0 bridgehead atoms. The van der Waals surface area contributed by atoms with Gasteiger partial charge >= 0.3 is 0 Å². The van der Waals surface area contributed by atoms with Gasteiger partial charge in [-0.2, -0.15) is 5.26 Å². The molecule has 6 nitrogen and oxygen atoms in total. The monoisotopic (exact) mass is 344 g/mol. The summed E-state index contributed by atoms with van der Waals surface area (Å²) in [7, 11) is -3.28. The maximum absolute atomic E-state index is 11.3. The van der Waals surface area contributed by atoms with Crippen LogP contribution >= 0.6 is 0 Å². The summed E-state index contributed by atoms with van der Waals surface area (Å²) in [6, 6.07) is 11.2. The Bertz CT molecular complexity index is 857. The van der Waals surface area contributed by atoms with Gasteiger partial charge in [-0.25, -0.2) is 8.42 Å². The van der Waals surface area contributed by atoms with E-state index < -0.39 is 10.0 Å². The van der Waals surface area contributed by atoms with Crippen molar-refractivity contribution in [2.45, 2.75) is 19.3 Å². The summed E-state index contributed by atoms with van der Waals surface area (Å²) in [6.45, 7) is 1.93. The molecule has 0 radical (unpaired) electrons. The van der Waals surface area contributed by atoms with Crippen LogP contribution in [0, 0.1) is 11.3 Å². The zero-order valence-corrected chi connectivity index (χ0v) is 14.4. The normalized spacial score (nSPS) is 15.1. The minimum atomic E-state index is -3.28. The highest BCUT2D eigenvalue weighted by molar-refractivity contribution is 7.92. The maximum Gasteiger partial charge on any atom is 0.229 e. The van der Waals surface area contributed by atoms with Gasteiger partial charge in [0.15, 0.2) is 0 Å². The first-order valence-electron chi connectivity index (χ1n) is 7.92. The fraction of sp³-hybridized carbons (Fsp3) is 0.353. The van der Waals surface area contributed by atoms with Gasteiger partial charge in [-0.1, -0.05) is 12.1 Å². The molecule has 1 aliphatic heterocycles. The number of anilines is 2. The number of nitrogens with one attached hydrogen (secondary N) is 2. The predicted octanol–water partition coefficient (Wildman–Crippen LogP) is 2.92. The summed E-state index contributed by atoms with van der Waals surface area (Å²) in [5, 5.41) is 9.41. The van der Waals surface area contributed by atoms with Gasteiger partial charge in [0.1, 0.15) is 11.9 Å². The highest BCUT2D eigenvalue weighted by Crippen LogP contribution is 2.29. The van der Waals surface area contributed by atoms with E-state index in [1.807, 2.05) is 18.2 Å². The van der Waals surface area contributed by atoms with Gasteiger partial charge in [-0.15, -0.1) is 0 Å². The van der Waals surface area contributed by atoms with E-state index in [1.165, 1.54) is 6.42 Å². The molecule has 2 aromatic rings. The zero-order chi connectivity index (χ0) is 17.2. The summed E-state index contributed by atoms with van der Waals surface area (Å²) >= 11 is 0. The van der Waals surface area contributed by atoms with E-state index >= 15 is 0 Å². The van der Waals surface area contributed by atoms with Crippen molar-refractivity contribution in [2.24, 2.45) is 0 Å². The Hall–Kier alpha value is -2.46. The van der Waals surface area contributed by atoms with Crippen molar-refractivity contribution in [3.8, 4) is 17.3 Å². The Morgan fingerprint density at radius 3 is 2.42 bits per heavy atom. The lowest BCUT2D eigenvalue weighted by Crippen LogP contribution is -2.30. The SMILES string of the molecule is CS(=O)(=O)Nc1ccc(-c2cc(C#N)c(N3CCCCC3)[nH]2)cc1. The van der Waals surface area contributed by atoms with Crippen LogP contribution in [0.2, 0.25) is 0 Å². The van der Waals surface area contributed by atoms with Crippen LogP contribution in [0.4, 0.5) is 11.5 Å². The first kappa shape index (κ1) is 16.4. The van der Waals surface area contributed by atoms with Crippen LogP contribution in [0.15, 0.2) is 30.3 Å². The van der Waals surface area contributed by atoms with Gasteiger partial charge in [0.05, 0.1) is 11.8 Å². The highest BCUT2D eigenvalue weighted by Gasteiger charge is 2.18. The quantitative estimate of drug-likeness (QED) is 0.892. The standard InChI is InChI=1S/C17H20N4O2S/c1-24(22,23)20-15-7-5-13(6-8-15)16-11-14(12-18)17(19-16)21-9-3-2-4-10-21/h5-8,11,19-20H,2-4,9-10H2,1H3. The van der Waals surface area contributed by atoms with Crippen molar-refractivity contribution >= 4 is 21.5 Å². The second-order valence-electron chi connectivity index (χ2n) is 6.06. The Morgan fingerprint density at radius 1 is 1.17 bits per heavy atom. The van der Waals surface area contributed by atoms with E-state index in [0.717, 1.165) is 49.3 Å². The molecular weight excluding hydrogens is 324 g/mol. The first-order chi connectivity index (χ1) is 11.5. The molecule has 126 valence electrons. The number of piperidine rings is 1. The molecule has 0 saturated carbocycles. The number of sulfonamides is 1. The third-order valence-corrected chi connectivity index (χ3v) is 4.70. The minimum Gasteiger partial charge on any atom is -0.357 e. The molecule has 0 unspecified atom stereocenters. The number of aromatic amines is 1. The van der Waals surface area contributed by atoms with Crippen LogP contribution in [0.3, 0.4) is 0 Å². The molecule has 1 aromatic carbocycles. The number of hydrogen-bond acceptors (Lipinski definition) is 4. The first-order valence-corrected chi connectivity index (χ1v) is 9.82. The molecule has 0 spiro atoms. The largest absolute Gasteiger partial charge is 0.357 e. The van der Waals surface area contributed by atoms with Gasteiger partial charge in [-0.05, 0) is 43.0 Å². The van der Waals surface area contributed by atoms with Gasteiger partial charge in [-0.3, -0.25) is 4.72 Å². The van der Waals surface area contributed by atoms with Gasteiger partial charge in [0.25, 0.3) is 0 Å². The summed E-state index contributed by atoms with van der Waals surface area (Å²) in [4.78, 5) is 5.58. The third-order valence-electron chi connectivity index (χ3n) is 4.09. The van der Waals surface area contributed by atoms with Crippen LogP contribution in [-0.2, 0) is 10.0 Å². The second-order valence-corrected chi connectivity index (χ2v) is 7.80. The van der Waals surface area contributed by atoms with Crippen molar-refractivity contribution < 1.29 is 8.42 Å². The molecule has 24 heavy (non-hydrogen) atoms. The summed E-state index contributed by atoms with van der Waals surface area (Å²) in [5.41, 5.74) is 2.93. The molecular formula is C17H20N4O2S. The molecule has 2 heterocycles. The number of nitrogens with zero attached hydrogens (tertiary/aromatic N) is 2. The Balaban J connectivity index is 1.87. The van der Waals surface area contributed by atoms with Crippen molar-refractivity contribution in [1.29, 1.82) is 5.26 Å². The summed E-state index contributed by atoms with van der Waals surface area (Å²) in [6.07, 6.45) is 4.65. The average molecular weight is 344 g/mol. The van der Waals surface area contributed by atoms with Crippen molar-refractivity contribution in [1.82, 2.24) is 4.98 Å². The fourth-order valence-electron chi connectivity index (χ4n) is 2.98. The number of H-pyrrole nitrogens is 1. The number of benzene rings is 1. The van der Waals surface area contributed by atoms with E-state index in [4.69, 9.17) is 0 Å². The fourth-order valence-corrected chi connectivity index (χ4v) is 3.55. The molecule has 0 amide bonds. The average Bonchev–Trinajstić information content (AvgIpc) is 2.99. The number of nitriles is 1. The maximum atomic E-state index is 11.3. The predicted molar refractivity (Wildman–Crippen MR) is 95.5 cm³/mol. The van der Waals surface area contributed by atoms with E-state index in [9.17, 15) is 13.7 Å². The van der Waals surface area contributed by atoms with E-state index in [1.54, 1.807) is 12.1 Å². The smallest absolute Gasteiger partial charge is 0.229 e. The molecule has 0 atom stereocenters. The van der Waals surface area contributed by atoms with Gasteiger partial charge in [0, 0.05) is 24.5 Å². The second kappa shape index (κ2) is 6.57. The Labute approximate surface area is 142 Å². The lowest BCUT2D eigenvalue weighted by Gasteiger charge is -2.27. The third kappa shape index (κ3) is 3.71. The molecule has 1 aliphatic rings. The van der Waals surface area contributed by atoms with Crippen LogP contribution in [0.25, 0.3) is 11.3 Å². The zero-order valence-electron chi connectivity index (χ0n) is 13.5. The van der Waals surface area contributed by atoms with Crippen LogP contribution < -0.4 is 9.62 Å². The Morgan fingerprint density at radius 2 is 1.83 bits per heavy atom. The van der Waals surface area contributed by atoms with E-state index in [0.29, 0.717) is 11.3 Å². The molecule has 2 N–H and O–H groups in total. The van der Waals surface area contributed by atoms with Crippen LogP contribution in [-0.4, -0.2) is 32.7 Å². The number of rotatable bonds is 4. The summed E-state index contributed by atoms with van der Waals surface area (Å²) in [5.74, 6) is 0.880. The summed E-state index contributed by atoms with van der Waals surface area (Å²) < 4.78 is 25.0. The molecule has 1 saturated heterocycles. The van der Waals surface area contributed by atoms with Crippen LogP contribution in [0.1, 0.15) is 24.8 Å². The van der Waals surface area contributed by atoms with Gasteiger partial charge < -0.3 is 9.88 Å².